The lowest BCUT2D eigenvalue weighted by molar-refractivity contribution is 0.0964. The number of hydrogen-bond donors (Lipinski definition) is 7. The van der Waals surface area contributed by atoms with E-state index >= 15 is 0 Å². The summed E-state index contributed by atoms with van der Waals surface area (Å²) in [7, 11) is 1.50. The average Bonchev–Trinajstić information content (AvgIpc) is 3.68. The van der Waals surface area contributed by atoms with Gasteiger partial charge in [-0.2, -0.15) is 0 Å². The highest BCUT2D eigenvalue weighted by Gasteiger charge is 2.16. The maximum absolute atomic E-state index is 12.9. The van der Waals surface area contributed by atoms with Gasteiger partial charge in [-0.15, -0.1) is 12.4 Å². The summed E-state index contributed by atoms with van der Waals surface area (Å²) in [5, 5.41) is 20.0. The van der Waals surface area contributed by atoms with Gasteiger partial charge in [0.1, 0.15) is 11.7 Å². The minimum absolute atomic E-state index is 0. The molecule has 2 aliphatic rings. The molecule has 0 saturated heterocycles. The first-order valence-corrected chi connectivity index (χ1v) is 12.8. The van der Waals surface area contributed by atoms with Gasteiger partial charge in [0.2, 0.25) is 0 Å². The molecule has 41 heavy (non-hydrogen) atoms. The summed E-state index contributed by atoms with van der Waals surface area (Å²) in [5.74, 6) is 1.18. The second kappa shape index (κ2) is 13.3. The quantitative estimate of drug-likeness (QED) is 0.229. The second-order valence-corrected chi connectivity index (χ2v) is 8.97. The maximum Gasteiger partial charge on any atom is 0.323 e. The second-order valence-electron chi connectivity index (χ2n) is 8.97. The minimum atomic E-state index is -0.550. The summed E-state index contributed by atoms with van der Waals surface area (Å²) >= 11 is 0. The van der Waals surface area contributed by atoms with E-state index in [2.05, 4.69) is 47.2 Å². The lowest BCUT2D eigenvalue weighted by Gasteiger charge is -2.15. The van der Waals surface area contributed by atoms with Crippen LogP contribution in [0, 0.1) is 0 Å². The molecule has 0 atom stereocenters. The standard InChI is InChI=1S/C28H29N9O3.ClH/c1-29-26(38)22-9-8-21(36-27(39)34-19-6-2-4-17(14-19)24-30-10-11-31-24)16-23(22)37-28(40)35-20-7-3-5-18(15-20)25-32-12-13-33-25;/h2-9,14-16H,10-13H2,1H3,(H,29,38)(H,30,31)(H,32,33)(H2,34,36,39)(H2,35,37,40);1H. The maximum atomic E-state index is 12.9. The number of urea groups is 2. The Labute approximate surface area is 242 Å². The number of carbonyl (C=O) groups excluding carboxylic acids is 3. The zero-order chi connectivity index (χ0) is 27.9. The van der Waals surface area contributed by atoms with Crippen LogP contribution in [-0.4, -0.2) is 62.9 Å². The summed E-state index contributed by atoms with van der Waals surface area (Å²) in [6, 6.07) is 18.2. The molecule has 5 rings (SSSR count). The van der Waals surface area contributed by atoms with Crippen LogP contribution in [0.1, 0.15) is 21.5 Å². The molecule has 0 fully saturated rings. The molecule has 0 aromatic heterocycles. The Bertz CT molecular complexity index is 1520. The zero-order valence-electron chi connectivity index (χ0n) is 22.2. The average molecular weight is 576 g/mol. The van der Waals surface area contributed by atoms with Gasteiger partial charge >= 0.3 is 12.1 Å². The van der Waals surface area contributed by atoms with Crippen molar-refractivity contribution >= 4 is 64.8 Å². The normalized spacial score (nSPS) is 13.4. The molecule has 0 radical (unpaired) electrons. The van der Waals surface area contributed by atoms with Gasteiger partial charge in [0.05, 0.1) is 24.3 Å². The third kappa shape index (κ3) is 7.31. The van der Waals surface area contributed by atoms with Gasteiger partial charge < -0.3 is 37.2 Å². The third-order valence-corrected chi connectivity index (χ3v) is 6.13. The molecule has 212 valence electrons. The van der Waals surface area contributed by atoms with Crippen molar-refractivity contribution in [2.45, 2.75) is 0 Å². The molecule has 5 amide bonds. The van der Waals surface area contributed by atoms with Gasteiger partial charge in [-0.1, -0.05) is 24.3 Å². The van der Waals surface area contributed by atoms with E-state index in [0.717, 1.165) is 35.9 Å². The lowest BCUT2D eigenvalue weighted by atomic mass is 10.1. The Balaban J connectivity index is 0.00000387. The molecule has 0 unspecified atom stereocenters. The molecule has 2 heterocycles. The van der Waals surface area contributed by atoms with E-state index in [-0.39, 0.29) is 29.6 Å². The van der Waals surface area contributed by atoms with E-state index in [0.29, 0.717) is 30.2 Å². The fourth-order valence-electron chi connectivity index (χ4n) is 4.31. The lowest BCUT2D eigenvalue weighted by Crippen LogP contribution is -2.25. The van der Waals surface area contributed by atoms with Gasteiger partial charge in [-0.3, -0.25) is 14.8 Å². The molecule has 2 aliphatic heterocycles. The van der Waals surface area contributed by atoms with Crippen molar-refractivity contribution in [3.8, 4) is 0 Å². The highest BCUT2D eigenvalue weighted by atomic mass is 35.5. The molecular formula is C28H30ClN9O3. The highest BCUT2D eigenvalue weighted by molar-refractivity contribution is 6.09. The molecule has 7 N–H and O–H groups in total. The number of halogens is 1. The van der Waals surface area contributed by atoms with Crippen LogP contribution >= 0.6 is 12.4 Å². The Morgan fingerprint density at radius 3 is 1.68 bits per heavy atom. The van der Waals surface area contributed by atoms with Gasteiger partial charge in [0, 0.05) is 48.3 Å². The number of hydrogen-bond acceptors (Lipinski definition) is 7. The number of carbonyl (C=O) groups is 3. The number of anilines is 4. The molecule has 3 aromatic carbocycles. The van der Waals surface area contributed by atoms with E-state index in [1.165, 1.54) is 19.2 Å². The van der Waals surface area contributed by atoms with Crippen LogP contribution < -0.4 is 37.2 Å². The summed E-state index contributed by atoms with van der Waals surface area (Å²) in [6.45, 7) is 2.98. The molecule has 13 heteroatoms. The Hall–Kier alpha value is -5.10. The minimum Gasteiger partial charge on any atom is -0.368 e. The Kier molecular flexibility index (Phi) is 9.38. The summed E-state index contributed by atoms with van der Waals surface area (Å²) in [5.41, 5.74) is 3.72. The van der Waals surface area contributed by atoms with Crippen molar-refractivity contribution in [1.29, 1.82) is 0 Å². The van der Waals surface area contributed by atoms with Gasteiger partial charge in [-0.05, 0) is 42.5 Å². The Morgan fingerprint density at radius 1 is 0.683 bits per heavy atom. The van der Waals surface area contributed by atoms with Gasteiger partial charge in [0.25, 0.3) is 5.91 Å². The summed E-state index contributed by atoms with van der Waals surface area (Å²) in [6.07, 6.45) is 0. The molecule has 0 bridgehead atoms. The van der Waals surface area contributed by atoms with E-state index in [1.54, 1.807) is 18.2 Å². The first-order valence-electron chi connectivity index (χ1n) is 12.8. The van der Waals surface area contributed by atoms with Crippen LogP contribution in [-0.2, 0) is 0 Å². The molecule has 3 aromatic rings. The van der Waals surface area contributed by atoms with Crippen LogP contribution in [0.25, 0.3) is 0 Å². The predicted octanol–water partition coefficient (Wildman–Crippen LogP) is 3.46. The molecule has 0 saturated carbocycles. The van der Waals surface area contributed by atoms with Crippen LogP contribution in [0.3, 0.4) is 0 Å². The molecule has 12 nitrogen and oxygen atoms in total. The van der Waals surface area contributed by atoms with Crippen molar-refractivity contribution in [1.82, 2.24) is 16.0 Å². The fourth-order valence-corrected chi connectivity index (χ4v) is 4.31. The largest absolute Gasteiger partial charge is 0.368 e. The molecule has 0 spiro atoms. The highest BCUT2D eigenvalue weighted by Crippen LogP contribution is 2.23. The molecule has 0 aliphatic carbocycles. The van der Waals surface area contributed by atoms with E-state index in [1.807, 2.05) is 36.4 Å². The van der Waals surface area contributed by atoms with Crippen molar-refractivity contribution in [2.75, 3.05) is 54.5 Å². The third-order valence-electron chi connectivity index (χ3n) is 6.13. The first-order chi connectivity index (χ1) is 19.5. The van der Waals surface area contributed by atoms with Crippen LogP contribution in [0.4, 0.5) is 32.3 Å². The number of amidine groups is 2. The predicted molar refractivity (Wildman–Crippen MR) is 164 cm³/mol. The number of aliphatic imine (C=N–C) groups is 2. The first kappa shape index (κ1) is 28.9. The van der Waals surface area contributed by atoms with Crippen LogP contribution in [0.2, 0.25) is 0 Å². The SMILES string of the molecule is CNC(=O)c1ccc(NC(=O)Nc2cccc(C3=NCCN3)c2)cc1NC(=O)Nc1cccc(C2=NCCN2)c1.Cl. The van der Waals surface area contributed by atoms with Crippen LogP contribution in [0.5, 0.6) is 0 Å². The number of rotatable bonds is 7. The number of amides is 5. The van der Waals surface area contributed by atoms with E-state index in [9.17, 15) is 14.4 Å². The smallest absolute Gasteiger partial charge is 0.323 e. The number of nitrogens with zero attached hydrogens (tertiary/aromatic N) is 2. The monoisotopic (exact) mass is 575 g/mol. The van der Waals surface area contributed by atoms with Crippen molar-refractivity contribution in [3.63, 3.8) is 0 Å². The van der Waals surface area contributed by atoms with Gasteiger partial charge in [0.15, 0.2) is 0 Å². The van der Waals surface area contributed by atoms with Crippen LogP contribution in [0.15, 0.2) is 76.7 Å². The molecular weight excluding hydrogens is 546 g/mol. The Morgan fingerprint density at radius 2 is 1.20 bits per heavy atom. The summed E-state index contributed by atoms with van der Waals surface area (Å²) in [4.78, 5) is 46.9. The fraction of sp³-hybridized carbons (Fsp3) is 0.179. The van der Waals surface area contributed by atoms with E-state index in [4.69, 9.17) is 0 Å². The summed E-state index contributed by atoms with van der Waals surface area (Å²) < 4.78 is 0. The van der Waals surface area contributed by atoms with Crippen molar-refractivity contribution in [3.05, 3.63) is 83.4 Å². The topological polar surface area (TPSA) is 160 Å². The van der Waals surface area contributed by atoms with Crippen molar-refractivity contribution in [2.24, 2.45) is 9.98 Å². The number of benzene rings is 3. The van der Waals surface area contributed by atoms with E-state index < -0.39 is 12.1 Å². The zero-order valence-corrected chi connectivity index (χ0v) is 23.0. The van der Waals surface area contributed by atoms with Crippen molar-refractivity contribution < 1.29 is 14.4 Å². The number of nitrogens with one attached hydrogen (secondary N) is 7. The van der Waals surface area contributed by atoms with Gasteiger partial charge in [-0.25, -0.2) is 9.59 Å².